The number of nitrogens with two attached hydrogens (primary N) is 1. The van der Waals surface area contributed by atoms with E-state index in [4.69, 9.17) is 5.73 Å². The molecule has 14 heavy (non-hydrogen) atoms. The SMILES string of the molecule is Nc1cc(F)c(F)cc1N1CC=CC1. The Bertz CT molecular complexity index is 380. The predicted octanol–water partition coefficient (Wildman–Crippen LogP) is 1.92. The van der Waals surface area contributed by atoms with Gasteiger partial charge in [0.25, 0.3) is 0 Å². The fourth-order valence-electron chi connectivity index (χ4n) is 1.50. The lowest BCUT2D eigenvalue weighted by Gasteiger charge is -2.19. The summed E-state index contributed by atoms with van der Waals surface area (Å²) in [5, 5.41) is 0. The lowest BCUT2D eigenvalue weighted by molar-refractivity contribution is 0.509. The van der Waals surface area contributed by atoms with Crippen molar-refractivity contribution >= 4 is 11.4 Å². The van der Waals surface area contributed by atoms with Crippen molar-refractivity contribution in [3.8, 4) is 0 Å². The van der Waals surface area contributed by atoms with Crippen LogP contribution in [0.1, 0.15) is 0 Å². The molecule has 1 heterocycles. The lowest BCUT2D eigenvalue weighted by atomic mass is 10.2. The zero-order valence-electron chi connectivity index (χ0n) is 7.50. The number of nitrogen functional groups attached to an aromatic ring is 1. The Labute approximate surface area is 80.6 Å². The average Bonchev–Trinajstić information content (AvgIpc) is 2.64. The summed E-state index contributed by atoms with van der Waals surface area (Å²) < 4.78 is 25.7. The largest absolute Gasteiger partial charge is 0.397 e. The summed E-state index contributed by atoms with van der Waals surface area (Å²) in [5.41, 5.74) is 6.41. The molecule has 1 aromatic carbocycles. The number of rotatable bonds is 1. The highest BCUT2D eigenvalue weighted by atomic mass is 19.2. The summed E-state index contributed by atoms with van der Waals surface area (Å²) in [6.07, 6.45) is 3.92. The van der Waals surface area contributed by atoms with E-state index in [0.717, 1.165) is 12.1 Å². The molecule has 1 aliphatic rings. The molecular formula is C10H10F2N2. The average molecular weight is 196 g/mol. The van der Waals surface area contributed by atoms with Crippen LogP contribution in [-0.4, -0.2) is 13.1 Å². The Hall–Kier alpha value is -1.58. The van der Waals surface area contributed by atoms with E-state index in [-0.39, 0.29) is 5.69 Å². The van der Waals surface area contributed by atoms with Gasteiger partial charge in [-0.15, -0.1) is 0 Å². The molecule has 2 rings (SSSR count). The van der Waals surface area contributed by atoms with Gasteiger partial charge in [-0.1, -0.05) is 12.2 Å². The molecule has 0 radical (unpaired) electrons. The van der Waals surface area contributed by atoms with Crippen molar-refractivity contribution in [3.63, 3.8) is 0 Å². The van der Waals surface area contributed by atoms with Crippen LogP contribution in [0.15, 0.2) is 24.3 Å². The van der Waals surface area contributed by atoms with Gasteiger partial charge in [-0.05, 0) is 0 Å². The van der Waals surface area contributed by atoms with Crippen LogP contribution in [0.4, 0.5) is 20.2 Å². The van der Waals surface area contributed by atoms with Crippen molar-refractivity contribution in [1.82, 2.24) is 0 Å². The Morgan fingerprint density at radius 3 is 2.29 bits per heavy atom. The normalized spacial score (nSPS) is 15.1. The zero-order chi connectivity index (χ0) is 10.1. The van der Waals surface area contributed by atoms with Crippen LogP contribution in [0.5, 0.6) is 0 Å². The summed E-state index contributed by atoms with van der Waals surface area (Å²) in [7, 11) is 0. The van der Waals surface area contributed by atoms with Crippen molar-refractivity contribution in [2.75, 3.05) is 23.7 Å². The molecule has 1 aromatic rings. The quantitative estimate of drug-likeness (QED) is 0.549. The van der Waals surface area contributed by atoms with Crippen LogP contribution in [0.3, 0.4) is 0 Å². The van der Waals surface area contributed by atoms with Gasteiger partial charge in [-0.3, -0.25) is 0 Å². The highest BCUT2D eigenvalue weighted by molar-refractivity contribution is 5.68. The van der Waals surface area contributed by atoms with Gasteiger partial charge in [0.05, 0.1) is 11.4 Å². The van der Waals surface area contributed by atoms with Gasteiger partial charge in [-0.2, -0.15) is 0 Å². The van der Waals surface area contributed by atoms with E-state index in [9.17, 15) is 8.78 Å². The molecule has 1 aliphatic heterocycles. The van der Waals surface area contributed by atoms with E-state index >= 15 is 0 Å². The molecule has 0 amide bonds. The van der Waals surface area contributed by atoms with Crippen LogP contribution in [0.25, 0.3) is 0 Å². The molecule has 4 heteroatoms. The highest BCUT2D eigenvalue weighted by Gasteiger charge is 2.14. The van der Waals surface area contributed by atoms with Crippen molar-refractivity contribution in [3.05, 3.63) is 35.9 Å². The van der Waals surface area contributed by atoms with Crippen molar-refractivity contribution < 1.29 is 8.78 Å². The number of halogens is 2. The van der Waals surface area contributed by atoms with Crippen molar-refractivity contribution in [2.24, 2.45) is 0 Å². The molecule has 0 aliphatic carbocycles. The Morgan fingerprint density at radius 1 is 1.07 bits per heavy atom. The van der Waals surface area contributed by atoms with Gasteiger partial charge >= 0.3 is 0 Å². The topological polar surface area (TPSA) is 29.3 Å². The number of nitrogens with zero attached hydrogens (tertiary/aromatic N) is 1. The third-order valence-electron chi connectivity index (χ3n) is 2.23. The third kappa shape index (κ3) is 1.43. The van der Waals surface area contributed by atoms with Crippen LogP contribution >= 0.6 is 0 Å². The molecular weight excluding hydrogens is 186 g/mol. The molecule has 0 spiro atoms. The minimum atomic E-state index is -0.904. The van der Waals surface area contributed by atoms with E-state index < -0.39 is 11.6 Å². The second kappa shape index (κ2) is 3.29. The number of hydrogen-bond donors (Lipinski definition) is 1. The van der Waals surface area contributed by atoms with Crippen LogP contribution in [0.2, 0.25) is 0 Å². The molecule has 0 saturated heterocycles. The van der Waals surface area contributed by atoms with Gasteiger partial charge in [0.15, 0.2) is 11.6 Å². The van der Waals surface area contributed by atoms with Gasteiger partial charge in [-0.25, -0.2) is 8.78 Å². The summed E-state index contributed by atoms with van der Waals surface area (Å²) in [6.45, 7) is 1.38. The first-order valence-electron chi connectivity index (χ1n) is 4.33. The highest BCUT2D eigenvalue weighted by Crippen LogP contribution is 2.27. The van der Waals surface area contributed by atoms with Gasteiger partial charge in [0.1, 0.15) is 0 Å². The second-order valence-electron chi connectivity index (χ2n) is 3.20. The maximum Gasteiger partial charge on any atom is 0.161 e. The summed E-state index contributed by atoms with van der Waals surface area (Å²) in [5.74, 6) is -1.76. The molecule has 0 saturated carbocycles. The fraction of sp³-hybridized carbons (Fsp3) is 0.200. The van der Waals surface area contributed by atoms with E-state index in [1.807, 2.05) is 17.1 Å². The zero-order valence-corrected chi connectivity index (χ0v) is 7.50. The number of hydrogen-bond acceptors (Lipinski definition) is 2. The molecule has 0 bridgehead atoms. The van der Waals surface area contributed by atoms with E-state index in [0.29, 0.717) is 18.8 Å². The molecule has 2 N–H and O–H groups in total. The Balaban J connectivity index is 2.38. The van der Waals surface area contributed by atoms with Crippen LogP contribution in [0, 0.1) is 11.6 Å². The maximum absolute atomic E-state index is 12.9. The first-order chi connectivity index (χ1) is 6.68. The first kappa shape index (κ1) is 8.99. The van der Waals surface area contributed by atoms with Gasteiger partial charge < -0.3 is 10.6 Å². The molecule has 0 aromatic heterocycles. The van der Waals surface area contributed by atoms with Crippen molar-refractivity contribution in [2.45, 2.75) is 0 Å². The Morgan fingerprint density at radius 2 is 1.64 bits per heavy atom. The molecule has 0 atom stereocenters. The Kier molecular flexibility index (Phi) is 2.11. The summed E-state index contributed by atoms with van der Waals surface area (Å²) >= 11 is 0. The number of benzene rings is 1. The maximum atomic E-state index is 12.9. The minimum absolute atomic E-state index is 0.271. The molecule has 0 fully saturated rings. The monoisotopic (exact) mass is 196 g/mol. The van der Waals surface area contributed by atoms with E-state index in [1.54, 1.807) is 0 Å². The smallest absolute Gasteiger partial charge is 0.161 e. The lowest BCUT2D eigenvalue weighted by Crippen LogP contribution is -2.20. The van der Waals surface area contributed by atoms with E-state index in [1.165, 1.54) is 0 Å². The molecule has 74 valence electrons. The third-order valence-corrected chi connectivity index (χ3v) is 2.23. The summed E-state index contributed by atoms with van der Waals surface area (Å²) in [6, 6.07) is 2.15. The van der Waals surface area contributed by atoms with Crippen molar-refractivity contribution in [1.29, 1.82) is 0 Å². The number of anilines is 2. The van der Waals surface area contributed by atoms with Gasteiger partial charge in [0, 0.05) is 25.2 Å². The standard InChI is InChI=1S/C10H10F2N2/c11-7-5-9(13)10(6-8(7)12)14-3-1-2-4-14/h1-2,5-6H,3-4,13H2. The first-order valence-corrected chi connectivity index (χ1v) is 4.33. The second-order valence-corrected chi connectivity index (χ2v) is 3.20. The molecule has 2 nitrogen and oxygen atoms in total. The summed E-state index contributed by atoms with van der Waals surface area (Å²) in [4.78, 5) is 1.87. The van der Waals surface area contributed by atoms with Crippen LogP contribution in [-0.2, 0) is 0 Å². The van der Waals surface area contributed by atoms with Crippen LogP contribution < -0.4 is 10.6 Å². The molecule has 0 unspecified atom stereocenters. The van der Waals surface area contributed by atoms with Gasteiger partial charge in [0.2, 0.25) is 0 Å². The predicted molar refractivity (Wildman–Crippen MR) is 52.1 cm³/mol. The fourth-order valence-corrected chi connectivity index (χ4v) is 1.50. The minimum Gasteiger partial charge on any atom is -0.397 e. The van der Waals surface area contributed by atoms with E-state index in [2.05, 4.69) is 0 Å².